The molecule has 0 saturated heterocycles. The third kappa shape index (κ3) is 5.07. The Morgan fingerprint density at radius 2 is 1.65 bits per heavy atom. The van der Waals surface area contributed by atoms with Gasteiger partial charge in [-0.05, 0) is 66.0 Å². The van der Waals surface area contributed by atoms with Crippen LogP contribution in [0.4, 0.5) is 0 Å². The first-order valence-corrected chi connectivity index (χ1v) is 12.2. The summed E-state index contributed by atoms with van der Waals surface area (Å²) in [7, 11) is 0. The lowest BCUT2D eigenvalue weighted by Gasteiger charge is -2.33. The Balaban J connectivity index is 2.00. The van der Waals surface area contributed by atoms with Gasteiger partial charge in [0.1, 0.15) is 56.6 Å². The average molecular weight is 505 g/mol. The molecule has 2 heterocycles. The van der Waals surface area contributed by atoms with E-state index in [1.165, 1.54) is 17.7 Å². The lowest BCUT2D eigenvalue weighted by atomic mass is 9.91. The summed E-state index contributed by atoms with van der Waals surface area (Å²) in [5, 5.41) is 42.0. The zero-order chi connectivity index (χ0) is 27.1. The van der Waals surface area contributed by atoms with Gasteiger partial charge in [0.25, 0.3) is 0 Å². The van der Waals surface area contributed by atoms with Crippen molar-refractivity contribution < 1.29 is 29.6 Å². The molecule has 2 aromatic carbocycles. The largest absolute Gasteiger partial charge is 0.508 e. The highest BCUT2D eigenvalue weighted by atomic mass is 16.5. The fourth-order valence-corrected chi connectivity index (χ4v) is 4.46. The molecule has 4 N–H and O–H groups in total. The highest BCUT2D eigenvalue weighted by Crippen LogP contribution is 2.50. The van der Waals surface area contributed by atoms with E-state index in [9.17, 15) is 25.2 Å². The van der Waals surface area contributed by atoms with Gasteiger partial charge in [0, 0.05) is 23.8 Å². The summed E-state index contributed by atoms with van der Waals surface area (Å²) in [5.74, 6) is -0.969. The van der Waals surface area contributed by atoms with Crippen molar-refractivity contribution in [3.63, 3.8) is 0 Å². The van der Waals surface area contributed by atoms with Crippen LogP contribution < -0.4 is 10.2 Å². The van der Waals surface area contributed by atoms with Gasteiger partial charge in [0.05, 0.1) is 5.56 Å². The van der Waals surface area contributed by atoms with E-state index in [0.29, 0.717) is 12.0 Å². The lowest BCUT2D eigenvalue weighted by Crippen LogP contribution is -2.32. The summed E-state index contributed by atoms with van der Waals surface area (Å²) in [4.78, 5) is 13.6. The number of rotatable bonds is 6. The highest BCUT2D eigenvalue weighted by Gasteiger charge is 2.34. The van der Waals surface area contributed by atoms with E-state index in [2.05, 4.69) is 6.08 Å². The molecule has 1 aliphatic heterocycles. The van der Waals surface area contributed by atoms with Crippen molar-refractivity contribution in [1.29, 1.82) is 0 Å². The van der Waals surface area contributed by atoms with Crippen molar-refractivity contribution in [2.75, 3.05) is 0 Å². The number of phenolic OH excluding ortho intramolecular Hbond substituents is 4. The monoisotopic (exact) mass is 504 g/mol. The van der Waals surface area contributed by atoms with E-state index in [1.54, 1.807) is 6.08 Å². The Hall–Kier alpha value is -4.13. The van der Waals surface area contributed by atoms with Crippen molar-refractivity contribution in [3.8, 4) is 40.1 Å². The van der Waals surface area contributed by atoms with Gasteiger partial charge >= 0.3 is 0 Å². The van der Waals surface area contributed by atoms with E-state index >= 15 is 0 Å². The molecule has 37 heavy (non-hydrogen) atoms. The first-order chi connectivity index (χ1) is 17.4. The fourth-order valence-electron chi connectivity index (χ4n) is 4.46. The first kappa shape index (κ1) is 25.9. The number of aromatic hydroxyl groups is 4. The number of phenols is 4. The maximum absolute atomic E-state index is 13.6. The topological polar surface area (TPSA) is 120 Å². The van der Waals surface area contributed by atoms with Gasteiger partial charge in [-0.15, -0.1) is 0 Å². The molecule has 1 aliphatic rings. The maximum Gasteiger partial charge on any atom is 0.200 e. The van der Waals surface area contributed by atoms with Crippen molar-refractivity contribution in [3.05, 3.63) is 68.9 Å². The number of ether oxygens (including phenoxy) is 1. The summed E-state index contributed by atoms with van der Waals surface area (Å²) < 4.78 is 12.5. The van der Waals surface area contributed by atoms with Crippen molar-refractivity contribution >= 4 is 17.0 Å². The highest BCUT2D eigenvalue weighted by molar-refractivity contribution is 5.90. The van der Waals surface area contributed by atoms with Gasteiger partial charge in [0.15, 0.2) is 0 Å². The van der Waals surface area contributed by atoms with Crippen molar-refractivity contribution in [2.45, 2.75) is 59.5 Å². The zero-order valence-corrected chi connectivity index (χ0v) is 21.7. The Morgan fingerprint density at radius 1 is 0.946 bits per heavy atom. The smallest absolute Gasteiger partial charge is 0.200 e. The molecule has 0 spiro atoms. The Bertz CT molecular complexity index is 1530. The molecular formula is C30H32O7. The predicted octanol–water partition coefficient (Wildman–Crippen LogP) is 6.70. The minimum atomic E-state index is -0.748. The molecule has 4 rings (SSSR count). The van der Waals surface area contributed by atoms with Crippen LogP contribution >= 0.6 is 0 Å². The second-order valence-corrected chi connectivity index (χ2v) is 10.2. The number of fused-ring (bicyclic) bond motifs is 2. The second kappa shape index (κ2) is 9.73. The van der Waals surface area contributed by atoms with Crippen LogP contribution in [0.3, 0.4) is 0 Å². The summed E-state index contributed by atoms with van der Waals surface area (Å²) in [5.41, 5.74) is 1.52. The molecule has 0 radical (unpaired) electrons. The third-order valence-corrected chi connectivity index (χ3v) is 6.40. The minimum absolute atomic E-state index is 0.0377. The molecule has 0 amide bonds. The molecule has 0 unspecified atom stereocenters. The molecule has 0 bridgehead atoms. The summed E-state index contributed by atoms with van der Waals surface area (Å²) in [6.45, 7) is 9.74. The molecule has 3 aromatic rings. The van der Waals surface area contributed by atoms with Gasteiger partial charge in [-0.2, -0.15) is 0 Å². The molecule has 194 valence electrons. The van der Waals surface area contributed by atoms with Crippen LogP contribution in [-0.4, -0.2) is 26.0 Å². The molecule has 1 aromatic heterocycles. The maximum atomic E-state index is 13.6. The molecular weight excluding hydrogens is 472 g/mol. The molecule has 0 saturated carbocycles. The minimum Gasteiger partial charge on any atom is -0.508 e. The SMILES string of the molecule is CC(C)=CCC[C@@]1(C)C=Cc2c(O)cc(O)c(-c3oc4cc(O)cc(O)c4c(=O)c3CC=C(C)C)c2O1. The third-order valence-electron chi connectivity index (χ3n) is 6.40. The van der Waals surface area contributed by atoms with E-state index in [0.717, 1.165) is 18.1 Å². The molecule has 7 nitrogen and oxygen atoms in total. The van der Waals surface area contributed by atoms with Crippen LogP contribution in [0.2, 0.25) is 0 Å². The van der Waals surface area contributed by atoms with Crippen LogP contribution in [0.1, 0.15) is 58.6 Å². The van der Waals surface area contributed by atoms with Gasteiger partial charge in [-0.1, -0.05) is 23.3 Å². The number of hydrogen-bond donors (Lipinski definition) is 4. The second-order valence-electron chi connectivity index (χ2n) is 10.2. The Labute approximate surface area is 215 Å². The van der Waals surface area contributed by atoms with E-state index < -0.39 is 16.8 Å². The van der Waals surface area contributed by atoms with Gasteiger partial charge in [0.2, 0.25) is 5.43 Å². The van der Waals surface area contributed by atoms with E-state index in [-0.39, 0.29) is 57.3 Å². The molecule has 0 aliphatic carbocycles. The normalized spacial score (nSPS) is 16.2. The predicted molar refractivity (Wildman–Crippen MR) is 144 cm³/mol. The number of allylic oxidation sites excluding steroid dienone is 4. The lowest BCUT2D eigenvalue weighted by molar-refractivity contribution is 0.128. The van der Waals surface area contributed by atoms with Crippen LogP contribution in [0.25, 0.3) is 28.4 Å². The van der Waals surface area contributed by atoms with Gasteiger partial charge in [-0.3, -0.25) is 4.79 Å². The fraction of sp³-hybridized carbons (Fsp3) is 0.300. The standard InChI is InChI=1S/C30H32O7/c1-16(2)7-6-11-30(5)12-10-19-21(32)15-23(34)26(29(19)37-30)28-20(9-8-17(3)4)27(35)25-22(33)13-18(31)14-24(25)36-28/h7-8,10,12-15,31-34H,6,9,11H2,1-5H3/t30-/m0/s1. The zero-order valence-electron chi connectivity index (χ0n) is 21.7. The number of hydrogen-bond acceptors (Lipinski definition) is 7. The summed E-state index contributed by atoms with van der Waals surface area (Å²) in [6, 6.07) is 3.50. The molecule has 7 heteroatoms. The van der Waals surface area contributed by atoms with Crippen molar-refractivity contribution in [2.24, 2.45) is 0 Å². The van der Waals surface area contributed by atoms with Gasteiger partial charge < -0.3 is 29.6 Å². The Kier molecular flexibility index (Phi) is 6.82. The molecule has 1 atom stereocenters. The van der Waals surface area contributed by atoms with E-state index in [1.807, 2.05) is 46.8 Å². The summed E-state index contributed by atoms with van der Waals surface area (Å²) in [6.07, 6.45) is 9.12. The van der Waals surface area contributed by atoms with Crippen LogP contribution in [0.5, 0.6) is 28.7 Å². The first-order valence-electron chi connectivity index (χ1n) is 12.2. The number of benzene rings is 2. The van der Waals surface area contributed by atoms with Crippen LogP contribution in [0, 0.1) is 0 Å². The van der Waals surface area contributed by atoms with Crippen molar-refractivity contribution in [1.82, 2.24) is 0 Å². The summed E-state index contributed by atoms with van der Waals surface area (Å²) >= 11 is 0. The molecule has 0 fully saturated rings. The van der Waals surface area contributed by atoms with E-state index in [4.69, 9.17) is 9.15 Å². The quantitative estimate of drug-likeness (QED) is 0.276. The average Bonchev–Trinajstić information content (AvgIpc) is 2.77. The van der Waals surface area contributed by atoms with Gasteiger partial charge in [-0.25, -0.2) is 0 Å². The Morgan fingerprint density at radius 3 is 2.32 bits per heavy atom. The van der Waals surface area contributed by atoms with Crippen LogP contribution in [0.15, 0.2) is 56.8 Å². The van der Waals surface area contributed by atoms with Crippen LogP contribution in [-0.2, 0) is 6.42 Å².